The Labute approximate surface area is 109 Å². The van der Waals surface area contributed by atoms with Gasteiger partial charge in [-0.15, -0.1) is 0 Å². The number of ether oxygens (including phenoxy) is 2. The van der Waals surface area contributed by atoms with Gasteiger partial charge in [-0.25, -0.2) is 9.78 Å². The fraction of sp³-hybridized carbons (Fsp3) is 0.455. The van der Waals surface area contributed by atoms with Gasteiger partial charge in [0.25, 0.3) is 0 Å². The maximum absolute atomic E-state index is 11.4. The lowest BCUT2D eigenvalue weighted by atomic mass is 10.3. The summed E-state index contributed by atoms with van der Waals surface area (Å²) in [4.78, 5) is 25.6. The van der Waals surface area contributed by atoms with Crippen LogP contribution in [0, 0.1) is 10.1 Å². The van der Waals surface area contributed by atoms with Crippen LogP contribution < -0.4 is 5.32 Å². The third-order valence-corrected chi connectivity index (χ3v) is 2.26. The summed E-state index contributed by atoms with van der Waals surface area (Å²) in [5.74, 6) is -0.644. The molecule has 0 amide bonds. The Morgan fingerprint density at radius 2 is 2.21 bits per heavy atom. The first kappa shape index (κ1) is 14.8. The van der Waals surface area contributed by atoms with Crippen molar-refractivity contribution < 1.29 is 19.2 Å². The van der Waals surface area contributed by atoms with Crippen molar-refractivity contribution in [1.29, 1.82) is 0 Å². The molecule has 19 heavy (non-hydrogen) atoms. The van der Waals surface area contributed by atoms with Crippen molar-refractivity contribution in [2.75, 3.05) is 26.1 Å². The van der Waals surface area contributed by atoms with E-state index in [4.69, 9.17) is 4.74 Å². The zero-order chi connectivity index (χ0) is 14.4. The van der Waals surface area contributed by atoms with Gasteiger partial charge in [-0.3, -0.25) is 10.1 Å². The predicted molar refractivity (Wildman–Crippen MR) is 67.2 cm³/mol. The highest BCUT2D eigenvalue weighted by atomic mass is 16.6. The summed E-state index contributed by atoms with van der Waals surface area (Å²) in [5, 5.41) is 13.7. The number of anilines is 1. The van der Waals surface area contributed by atoms with E-state index in [1.165, 1.54) is 26.4 Å². The molecule has 1 unspecified atom stereocenters. The minimum absolute atomic E-state index is 0.000201. The maximum atomic E-state index is 11.4. The molecule has 1 aromatic heterocycles. The first-order chi connectivity index (χ1) is 8.99. The van der Waals surface area contributed by atoms with Gasteiger partial charge in [0.15, 0.2) is 5.69 Å². The van der Waals surface area contributed by atoms with Crippen LogP contribution in [0.2, 0.25) is 0 Å². The van der Waals surface area contributed by atoms with E-state index in [2.05, 4.69) is 15.0 Å². The lowest BCUT2D eigenvalue weighted by Crippen LogP contribution is -2.22. The van der Waals surface area contributed by atoms with E-state index in [1.54, 1.807) is 6.92 Å². The minimum atomic E-state index is -0.655. The molecule has 0 aliphatic rings. The normalized spacial score (nSPS) is 11.7. The van der Waals surface area contributed by atoms with Crippen LogP contribution in [0.15, 0.2) is 12.1 Å². The van der Waals surface area contributed by atoms with Crippen LogP contribution in [-0.2, 0) is 9.47 Å². The van der Waals surface area contributed by atoms with Crippen molar-refractivity contribution in [2.45, 2.75) is 13.0 Å². The topological polar surface area (TPSA) is 104 Å². The zero-order valence-electron chi connectivity index (χ0n) is 10.9. The number of carbonyl (C=O) groups excluding carboxylic acids is 1. The quantitative estimate of drug-likeness (QED) is 0.470. The van der Waals surface area contributed by atoms with E-state index in [-0.39, 0.29) is 23.2 Å². The Balaban J connectivity index is 3.08. The van der Waals surface area contributed by atoms with Gasteiger partial charge in [-0.05, 0) is 13.0 Å². The Morgan fingerprint density at radius 1 is 1.53 bits per heavy atom. The van der Waals surface area contributed by atoms with Crippen molar-refractivity contribution in [1.82, 2.24) is 4.98 Å². The number of nitrogens with zero attached hydrogens (tertiary/aromatic N) is 2. The van der Waals surface area contributed by atoms with E-state index in [0.29, 0.717) is 6.61 Å². The molecule has 0 aliphatic heterocycles. The summed E-state index contributed by atoms with van der Waals surface area (Å²) in [6, 6.07) is 2.26. The van der Waals surface area contributed by atoms with Gasteiger partial charge < -0.3 is 14.8 Å². The van der Waals surface area contributed by atoms with Crippen LogP contribution in [0.5, 0.6) is 0 Å². The Morgan fingerprint density at radius 3 is 2.74 bits per heavy atom. The van der Waals surface area contributed by atoms with E-state index in [9.17, 15) is 14.9 Å². The third-order valence-electron chi connectivity index (χ3n) is 2.26. The van der Waals surface area contributed by atoms with Crippen molar-refractivity contribution in [2.24, 2.45) is 0 Å². The van der Waals surface area contributed by atoms with Crippen LogP contribution in [0.25, 0.3) is 0 Å². The molecule has 0 saturated heterocycles. The van der Waals surface area contributed by atoms with Crippen molar-refractivity contribution >= 4 is 17.5 Å². The molecule has 1 atom stereocenters. The van der Waals surface area contributed by atoms with Gasteiger partial charge in [-0.2, -0.15) is 0 Å². The fourth-order valence-corrected chi connectivity index (χ4v) is 1.45. The summed E-state index contributed by atoms with van der Waals surface area (Å²) in [7, 11) is 2.73. The molecule has 1 N–H and O–H groups in total. The van der Waals surface area contributed by atoms with Gasteiger partial charge in [0.2, 0.25) is 5.82 Å². The number of carbonyl (C=O) groups is 1. The molecule has 8 heteroatoms. The molecular weight excluding hydrogens is 254 g/mol. The summed E-state index contributed by atoms with van der Waals surface area (Å²) in [6.45, 7) is 2.13. The molecule has 104 valence electrons. The van der Waals surface area contributed by atoms with Crippen LogP contribution in [0.1, 0.15) is 17.4 Å². The second kappa shape index (κ2) is 6.64. The molecule has 0 bridgehead atoms. The van der Waals surface area contributed by atoms with Crippen molar-refractivity contribution in [3.8, 4) is 0 Å². The van der Waals surface area contributed by atoms with Crippen molar-refractivity contribution in [3.63, 3.8) is 0 Å². The third kappa shape index (κ3) is 3.88. The van der Waals surface area contributed by atoms with Gasteiger partial charge in [0.05, 0.1) is 18.6 Å². The molecular formula is C11H15N3O5. The molecule has 0 radical (unpaired) electrons. The zero-order valence-corrected chi connectivity index (χ0v) is 10.9. The van der Waals surface area contributed by atoms with Crippen LogP contribution in [-0.4, -0.2) is 42.7 Å². The average molecular weight is 269 g/mol. The molecule has 0 saturated carbocycles. The molecule has 0 aromatic carbocycles. The van der Waals surface area contributed by atoms with Gasteiger partial charge in [-0.1, -0.05) is 0 Å². The van der Waals surface area contributed by atoms with E-state index < -0.39 is 10.9 Å². The molecule has 1 rings (SSSR count). The first-order valence-corrected chi connectivity index (χ1v) is 5.48. The molecule has 8 nitrogen and oxygen atoms in total. The molecule has 0 aliphatic carbocycles. The Bertz CT molecular complexity index is 477. The maximum Gasteiger partial charge on any atom is 0.356 e. The number of rotatable bonds is 6. The molecule has 1 aromatic rings. The van der Waals surface area contributed by atoms with Crippen LogP contribution in [0.4, 0.5) is 11.5 Å². The summed E-state index contributed by atoms with van der Waals surface area (Å²) >= 11 is 0. The Kier molecular flexibility index (Phi) is 5.19. The monoisotopic (exact) mass is 269 g/mol. The van der Waals surface area contributed by atoms with Gasteiger partial charge in [0.1, 0.15) is 0 Å². The number of hydrogen-bond acceptors (Lipinski definition) is 7. The number of pyridine rings is 1. The number of aromatic nitrogens is 1. The summed E-state index contributed by atoms with van der Waals surface area (Å²) < 4.78 is 9.44. The molecule has 0 spiro atoms. The largest absolute Gasteiger partial charge is 0.464 e. The molecule has 0 fully saturated rings. The predicted octanol–water partition coefficient (Wildman–Crippen LogP) is 1.22. The second-order valence-corrected chi connectivity index (χ2v) is 3.81. The van der Waals surface area contributed by atoms with E-state index >= 15 is 0 Å². The standard InChI is InChI=1S/C11H15N3O5/c1-7(6-18-2)12-10-9(14(16)17)5-4-8(13-10)11(15)19-3/h4-5,7H,6H2,1-3H3,(H,12,13). The van der Waals surface area contributed by atoms with Crippen molar-refractivity contribution in [3.05, 3.63) is 27.9 Å². The second-order valence-electron chi connectivity index (χ2n) is 3.81. The van der Waals surface area contributed by atoms with Gasteiger partial charge >= 0.3 is 11.7 Å². The van der Waals surface area contributed by atoms with Crippen LogP contribution in [0.3, 0.4) is 0 Å². The highest BCUT2D eigenvalue weighted by Gasteiger charge is 2.20. The fourth-order valence-electron chi connectivity index (χ4n) is 1.45. The highest BCUT2D eigenvalue weighted by Crippen LogP contribution is 2.23. The number of esters is 1. The van der Waals surface area contributed by atoms with Gasteiger partial charge in [0, 0.05) is 19.2 Å². The number of nitrogens with one attached hydrogen (secondary N) is 1. The van der Waals surface area contributed by atoms with E-state index in [1.807, 2.05) is 0 Å². The number of hydrogen-bond donors (Lipinski definition) is 1. The molecule has 1 heterocycles. The number of nitro groups is 1. The highest BCUT2D eigenvalue weighted by molar-refractivity contribution is 5.88. The summed E-state index contributed by atoms with van der Waals surface area (Å²) in [6.07, 6.45) is 0. The van der Waals surface area contributed by atoms with Crippen LogP contribution >= 0.6 is 0 Å². The first-order valence-electron chi connectivity index (χ1n) is 5.48. The lowest BCUT2D eigenvalue weighted by molar-refractivity contribution is -0.384. The lowest BCUT2D eigenvalue weighted by Gasteiger charge is -2.13. The SMILES string of the molecule is COCC(C)Nc1nc(C(=O)OC)ccc1[N+](=O)[O-]. The smallest absolute Gasteiger partial charge is 0.356 e. The minimum Gasteiger partial charge on any atom is -0.464 e. The summed E-state index contributed by atoms with van der Waals surface area (Å²) in [5.41, 5.74) is -0.212. The Hall–Kier alpha value is -2.22. The number of methoxy groups -OCH3 is 2. The van der Waals surface area contributed by atoms with E-state index in [0.717, 1.165) is 0 Å². The average Bonchev–Trinajstić information content (AvgIpc) is 2.37.